The summed E-state index contributed by atoms with van der Waals surface area (Å²) < 4.78 is 0. The molecule has 0 atom stereocenters. The van der Waals surface area contributed by atoms with Gasteiger partial charge in [-0.3, -0.25) is 5.10 Å². The number of hydrogen-bond acceptors (Lipinski definition) is 4. The first-order chi connectivity index (χ1) is 12.2. The maximum Gasteiger partial charge on any atom is 0.175 e. The Morgan fingerprint density at radius 1 is 1.16 bits per heavy atom. The third kappa shape index (κ3) is 3.39. The van der Waals surface area contributed by atoms with Crippen LogP contribution in [0.3, 0.4) is 0 Å². The van der Waals surface area contributed by atoms with Crippen LogP contribution in [-0.4, -0.2) is 21.0 Å². The molecule has 0 saturated heterocycles. The number of aliphatic imine (C=N–C) groups is 1. The van der Waals surface area contributed by atoms with Gasteiger partial charge in [-0.1, -0.05) is 36.4 Å². The number of hydrogen-bond donors (Lipinski definition) is 3. The number of aromatic amines is 1. The molecule has 0 bridgehead atoms. The van der Waals surface area contributed by atoms with Crippen LogP contribution in [0.5, 0.6) is 0 Å². The zero-order valence-electron chi connectivity index (χ0n) is 14.0. The van der Waals surface area contributed by atoms with Crippen molar-refractivity contribution >= 4 is 17.3 Å². The molecule has 126 valence electrons. The Morgan fingerprint density at radius 2 is 1.96 bits per heavy atom. The molecule has 4 N–H and O–H groups in total. The van der Waals surface area contributed by atoms with E-state index in [0.29, 0.717) is 5.82 Å². The second kappa shape index (κ2) is 6.41. The summed E-state index contributed by atoms with van der Waals surface area (Å²) >= 11 is 0. The first-order valence-electron chi connectivity index (χ1n) is 8.22. The molecular weight excluding hydrogens is 312 g/mol. The van der Waals surface area contributed by atoms with E-state index in [-0.39, 0.29) is 0 Å². The number of benzene rings is 2. The third-order valence-corrected chi connectivity index (χ3v) is 4.17. The van der Waals surface area contributed by atoms with Gasteiger partial charge in [0.05, 0.1) is 0 Å². The SMILES string of the molecule is Cc1cc(N=C2NN(Cc3ccc(N)cc3)Cc3ccccc32)n[nH]1. The van der Waals surface area contributed by atoms with Crippen molar-refractivity contribution in [3.63, 3.8) is 0 Å². The van der Waals surface area contributed by atoms with Gasteiger partial charge < -0.3 is 11.2 Å². The predicted molar refractivity (Wildman–Crippen MR) is 99.2 cm³/mol. The summed E-state index contributed by atoms with van der Waals surface area (Å²) in [4.78, 5) is 4.69. The molecule has 1 aliphatic rings. The maximum absolute atomic E-state index is 5.77. The van der Waals surface area contributed by atoms with Gasteiger partial charge in [0.15, 0.2) is 11.7 Å². The smallest absolute Gasteiger partial charge is 0.175 e. The molecule has 6 nitrogen and oxygen atoms in total. The molecule has 4 rings (SSSR count). The minimum Gasteiger partial charge on any atom is -0.399 e. The normalized spacial score (nSPS) is 15.8. The van der Waals surface area contributed by atoms with Crippen molar-refractivity contribution in [2.45, 2.75) is 20.0 Å². The van der Waals surface area contributed by atoms with Crippen molar-refractivity contribution in [2.24, 2.45) is 4.99 Å². The molecule has 0 saturated carbocycles. The van der Waals surface area contributed by atoms with Gasteiger partial charge in [0.2, 0.25) is 0 Å². The number of nitrogens with one attached hydrogen (secondary N) is 2. The number of nitrogens with zero attached hydrogens (tertiary/aromatic N) is 3. The van der Waals surface area contributed by atoms with Gasteiger partial charge in [-0.15, -0.1) is 0 Å². The van der Waals surface area contributed by atoms with E-state index >= 15 is 0 Å². The highest BCUT2D eigenvalue weighted by molar-refractivity contribution is 6.01. The van der Waals surface area contributed by atoms with Crippen LogP contribution in [0.4, 0.5) is 11.5 Å². The molecule has 0 radical (unpaired) electrons. The summed E-state index contributed by atoms with van der Waals surface area (Å²) in [5.41, 5.74) is 14.5. The van der Waals surface area contributed by atoms with Crippen LogP contribution in [0.2, 0.25) is 0 Å². The van der Waals surface area contributed by atoms with Crippen LogP contribution < -0.4 is 11.2 Å². The number of nitrogens with two attached hydrogens (primary N) is 1. The Labute approximate surface area is 146 Å². The van der Waals surface area contributed by atoms with E-state index in [2.05, 4.69) is 43.8 Å². The van der Waals surface area contributed by atoms with Gasteiger partial charge in [0, 0.05) is 36.1 Å². The number of hydrazine groups is 1. The predicted octanol–water partition coefficient (Wildman–Crippen LogP) is 2.90. The molecular formula is C19H20N6. The molecule has 0 aliphatic carbocycles. The van der Waals surface area contributed by atoms with Gasteiger partial charge in [-0.05, 0) is 30.2 Å². The van der Waals surface area contributed by atoms with Gasteiger partial charge in [0.1, 0.15) is 0 Å². The molecule has 3 aromatic rings. The number of amidine groups is 1. The highest BCUT2D eigenvalue weighted by Gasteiger charge is 2.21. The summed E-state index contributed by atoms with van der Waals surface area (Å²) in [6.45, 7) is 3.53. The molecule has 0 spiro atoms. The lowest BCUT2D eigenvalue weighted by Crippen LogP contribution is -2.45. The molecule has 1 aliphatic heterocycles. The Hall–Kier alpha value is -3.12. The van der Waals surface area contributed by atoms with E-state index in [1.807, 2.05) is 43.3 Å². The van der Waals surface area contributed by atoms with E-state index in [9.17, 15) is 0 Å². The van der Waals surface area contributed by atoms with Crippen molar-refractivity contribution < 1.29 is 0 Å². The van der Waals surface area contributed by atoms with Crippen molar-refractivity contribution in [1.29, 1.82) is 0 Å². The Kier molecular flexibility index (Phi) is 3.95. The largest absolute Gasteiger partial charge is 0.399 e. The molecule has 1 aromatic heterocycles. The van der Waals surface area contributed by atoms with Gasteiger partial charge >= 0.3 is 0 Å². The zero-order chi connectivity index (χ0) is 17.2. The highest BCUT2D eigenvalue weighted by atomic mass is 15.5. The van der Waals surface area contributed by atoms with Gasteiger partial charge in [0.25, 0.3) is 0 Å². The molecule has 2 heterocycles. The minimum atomic E-state index is 0.670. The molecule has 6 heteroatoms. The van der Waals surface area contributed by atoms with Crippen molar-refractivity contribution in [2.75, 3.05) is 5.73 Å². The van der Waals surface area contributed by atoms with E-state index in [1.54, 1.807) is 0 Å². The average molecular weight is 332 g/mol. The zero-order valence-corrected chi connectivity index (χ0v) is 14.0. The number of aryl methyl sites for hydroxylation is 1. The Morgan fingerprint density at radius 3 is 2.72 bits per heavy atom. The van der Waals surface area contributed by atoms with Crippen LogP contribution in [0.25, 0.3) is 0 Å². The second-order valence-corrected chi connectivity index (χ2v) is 6.24. The lowest BCUT2D eigenvalue weighted by molar-refractivity contribution is 0.209. The number of rotatable bonds is 3. The van der Waals surface area contributed by atoms with E-state index in [0.717, 1.165) is 35.9 Å². The van der Waals surface area contributed by atoms with Crippen LogP contribution in [0, 0.1) is 6.92 Å². The molecule has 25 heavy (non-hydrogen) atoms. The van der Waals surface area contributed by atoms with Crippen LogP contribution >= 0.6 is 0 Å². The topological polar surface area (TPSA) is 82.3 Å². The summed E-state index contributed by atoms with van der Waals surface area (Å²) in [6, 6.07) is 18.2. The highest BCUT2D eigenvalue weighted by Crippen LogP contribution is 2.21. The molecule has 0 amide bonds. The number of fused-ring (bicyclic) bond motifs is 1. The fraction of sp³-hybridized carbons (Fsp3) is 0.158. The number of H-pyrrole nitrogens is 1. The van der Waals surface area contributed by atoms with Gasteiger partial charge in [-0.2, -0.15) is 5.10 Å². The van der Waals surface area contributed by atoms with Crippen molar-refractivity contribution in [3.05, 3.63) is 77.0 Å². The van der Waals surface area contributed by atoms with Gasteiger partial charge in [-0.25, -0.2) is 10.0 Å². The minimum absolute atomic E-state index is 0.670. The van der Waals surface area contributed by atoms with E-state index in [4.69, 9.17) is 5.73 Å². The van der Waals surface area contributed by atoms with Crippen LogP contribution in [0.15, 0.2) is 59.6 Å². The van der Waals surface area contributed by atoms with Crippen molar-refractivity contribution in [1.82, 2.24) is 20.6 Å². The van der Waals surface area contributed by atoms with Crippen LogP contribution in [0.1, 0.15) is 22.4 Å². The maximum atomic E-state index is 5.77. The molecule has 2 aromatic carbocycles. The van der Waals surface area contributed by atoms with Crippen molar-refractivity contribution in [3.8, 4) is 0 Å². The molecule has 0 fully saturated rings. The summed E-state index contributed by atoms with van der Waals surface area (Å²) in [5.74, 6) is 1.48. The first kappa shape index (κ1) is 15.4. The summed E-state index contributed by atoms with van der Waals surface area (Å²) in [6.07, 6.45) is 0. The van der Waals surface area contributed by atoms with E-state index < -0.39 is 0 Å². The Balaban J connectivity index is 1.64. The lowest BCUT2D eigenvalue weighted by Gasteiger charge is -2.31. The quantitative estimate of drug-likeness (QED) is 0.644. The number of nitrogen functional groups attached to an aromatic ring is 1. The fourth-order valence-corrected chi connectivity index (χ4v) is 2.94. The average Bonchev–Trinajstić information content (AvgIpc) is 3.02. The Bertz CT molecular complexity index is 910. The monoisotopic (exact) mass is 332 g/mol. The number of anilines is 1. The second-order valence-electron chi connectivity index (χ2n) is 6.24. The fourth-order valence-electron chi connectivity index (χ4n) is 2.94. The summed E-state index contributed by atoms with van der Waals surface area (Å²) in [5, 5.41) is 9.29. The van der Waals surface area contributed by atoms with Crippen LogP contribution in [-0.2, 0) is 13.1 Å². The first-order valence-corrected chi connectivity index (χ1v) is 8.22. The number of aromatic nitrogens is 2. The molecule has 0 unspecified atom stereocenters. The van der Waals surface area contributed by atoms with E-state index in [1.165, 1.54) is 11.1 Å². The standard InChI is InChI=1S/C19H20N6/c1-13-10-18(23-22-13)21-19-17-5-3-2-4-15(17)12-25(24-19)11-14-6-8-16(20)9-7-14/h2-10H,11-12,20H2,1H3,(H2,21,22,23,24). The summed E-state index contributed by atoms with van der Waals surface area (Å²) in [7, 11) is 0. The third-order valence-electron chi connectivity index (χ3n) is 4.17. The lowest BCUT2D eigenvalue weighted by atomic mass is 10.0.